The van der Waals surface area contributed by atoms with Crippen LogP contribution in [0.3, 0.4) is 0 Å². The van der Waals surface area contributed by atoms with E-state index in [1.807, 2.05) is 29.2 Å². The number of amides is 2. The lowest BCUT2D eigenvalue weighted by atomic mass is 10.1. The molecular weight excluding hydrogens is 394 g/mol. The van der Waals surface area contributed by atoms with Crippen LogP contribution in [0.25, 0.3) is 0 Å². The van der Waals surface area contributed by atoms with Gasteiger partial charge in [0.1, 0.15) is 0 Å². The highest BCUT2D eigenvalue weighted by Crippen LogP contribution is 2.30. The van der Waals surface area contributed by atoms with Gasteiger partial charge in [-0.15, -0.1) is 0 Å². The zero-order valence-corrected chi connectivity index (χ0v) is 18.2. The van der Waals surface area contributed by atoms with E-state index in [1.165, 1.54) is 31.4 Å². The average Bonchev–Trinajstić information content (AvgIpc) is 3.35. The van der Waals surface area contributed by atoms with E-state index in [-0.39, 0.29) is 30.9 Å². The van der Waals surface area contributed by atoms with Crippen molar-refractivity contribution in [2.24, 2.45) is 5.92 Å². The van der Waals surface area contributed by atoms with Crippen LogP contribution in [-0.2, 0) is 19.1 Å². The molecule has 3 fully saturated rings. The van der Waals surface area contributed by atoms with Crippen molar-refractivity contribution in [1.82, 2.24) is 4.90 Å². The summed E-state index contributed by atoms with van der Waals surface area (Å²) in [4.78, 5) is 41.1. The quantitative estimate of drug-likeness (QED) is 0.705. The third-order valence-electron chi connectivity index (χ3n) is 6.73. The highest BCUT2D eigenvalue weighted by Gasteiger charge is 2.39. The Morgan fingerprint density at radius 3 is 2.32 bits per heavy atom. The Morgan fingerprint density at radius 2 is 1.65 bits per heavy atom. The Balaban J connectivity index is 1.22. The lowest BCUT2D eigenvalue weighted by molar-refractivity contribution is -0.151. The molecule has 2 aliphatic heterocycles. The van der Waals surface area contributed by atoms with Gasteiger partial charge in [0.05, 0.1) is 5.92 Å². The number of anilines is 2. The van der Waals surface area contributed by atoms with Crippen LogP contribution < -0.4 is 10.2 Å². The minimum atomic E-state index is -0.464. The summed E-state index contributed by atoms with van der Waals surface area (Å²) in [6.45, 7) is 2.23. The van der Waals surface area contributed by atoms with E-state index in [0.29, 0.717) is 12.2 Å². The van der Waals surface area contributed by atoms with Crippen molar-refractivity contribution in [2.45, 2.75) is 63.8 Å². The lowest BCUT2D eigenvalue weighted by Crippen LogP contribution is -2.35. The van der Waals surface area contributed by atoms with Crippen molar-refractivity contribution >= 4 is 29.2 Å². The number of likely N-dealkylation sites (tertiary alicyclic amines) is 1. The minimum Gasteiger partial charge on any atom is -0.455 e. The van der Waals surface area contributed by atoms with Crippen molar-refractivity contribution in [3.8, 4) is 0 Å². The van der Waals surface area contributed by atoms with Crippen LogP contribution in [0.2, 0.25) is 0 Å². The molecule has 0 radical (unpaired) electrons. The Morgan fingerprint density at radius 1 is 0.968 bits per heavy atom. The maximum absolute atomic E-state index is 12.4. The van der Waals surface area contributed by atoms with Crippen molar-refractivity contribution in [2.75, 3.05) is 36.5 Å². The van der Waals surface area contributed by atoms with Gasteiger partial charge in [0.2, 0.25) is 5.91 Å². The first kappa shape index (κ1) is 21.7. The van der Waals surface area contributed by atoms with E-state index in [0.717, 1.165) is 38.8 Å². The van der Waals surface area contributed by atoms with E-state index < -0.39 is 11.9 Å². The predicted octanol–water partition coefficient (Wildman–Crippen LogP) is 3.34. The van der Waals surface area contributed by atoms with E-state index in [2.05, 4.69) is 10.2 Å². The van der Waals surface area contributed by atoms with E-state index in [9.17, 15) is 14.4 Å². The first-order valence-corrected chi connectivity index (χ1v) is 11.7. The van der Waals surface area contributed by atoms with Crippen LogP contribution in [0.1, 0.15) is 57.8 Å². The number of nitrogens with one attached hydrogen (secondary N) is 1. The number of rotatable bonds is 6. The summed E-state index contributed by atoms with van der Waals surface area (Å²) in [6.07, 6.45) is 9.52. The second kappa shape index (κ2) is 10.2. The van der Waals surface area contributed by atoms with Crippen molar-refractivity contribution in [3.63, 3.8) is 0 Å². The molecule has 4 rings (SSSR count). The van der Waals surface area contributed by atoms with Gasteiger partial charge in [0.15, 0.2) is 6.61 Å². The Kier molecular flexibility index (Phi) is 7.10. The number of hydrogen-bond acceptors (Lipinski definition) is 5. The van der Waals surface area contributed by atoms with Crippen LogP contribution in [0, 0.1) is 5.92 Å². The van der Waals surface area contributed by atoms with Gasteiger partial charge < -0.3 is 19.9 Å². The molecule has 1 aromatic rings. The fourth-order valence-electron chi connectivity index (χ4n) is 4.99. The van der Waals surface area contributed by atoms with Gasteiger partial charge in [-0.3, -0.25) is 14.4 Å². The SMILES string of the molecule is O=C(COC(=O)[C@H]1CC(=O)N(C2CCCC2)C1)Nc1ccc(N2CCCCCC2)cc1. The van der Waals surface area contributed by atoms with Crippen molar-refractivity contribution in [3.05, 3.63) is 24.3 Å². The highest BCUT2D eigenvalue weighted by atomic mass is 16.5. The summed E-state index contributed by atoms with van der Waals surface area (Å²) in [6, 6.07) is 8.08. The third-order valence-corrected chi connectivity index (χ3v) is 6.73. The average molecular weight is 428 g/mol. The van der Waals surface area contributed by atoms with Crippen LogP contribution in [0.5, 0.6) is 0 Å². The summed E-state index contributed by atoms with van der Waals surface area (Å²) in [5.74, 6) is -1.26. The zero-order valence-electron chi connectivity index (χ0n) is 18.2. The number of nitrogens with zero attached hydrogens (tertiary/aromatic N) is 2. The summed E-state index contributed by atoms with van der Waals surface area (Å²) in [5.41, 5.74) is 1.85. The standard InChI is InChI=1S/C24H33N3O4/c28-22(25-19-9-11-20(12-10-19)26-13-5-1-2-6-14-26)17-31-24(30)18-15-23(29)27(16-18)21-7-3-4-8-21/h9-12,18,21H,1-8,13-17H2,(H,25,28)/t18-/m0/s1. The first-order chi connectivity index (χ1) is 15.1. The molecule has 7 nitrogen and oxygen atoms in total. The molecule has 0 spiro atoms. The fourth-order valence-corrected chi connectivity index (χ4v) is 4.99. The topological polar surface area (TPSA) is 79.0 Å². The molecule has 1 saturated carbocycles. The zero-order chi connectivity index (χ0) is 21.6. The molecule has 168 valence electrons. The second-order valence-electron chi connectivity index (χ2n) is 8.99. The van der Waals surface area contributed by atoms with Crippen LogP contribution in [0.15, 0.2) is 24.3 Å². The molecule has 1 aromatic carbocycles. The smallest absolute Gasteiger partial charge is 0.311 e. The Labute approximate surface area is 184 Å². The number of carbonyl (C=O) groups is 3. The largest absolute Gasteiger partial charge is 0.455 e. The maximum Gasteiger partial charge on any atom is 0.311 e. The highest BCUT2D eigenvalue weighted by molar-refractivity contribution is 5.93. The van der Waals surface area contributed by atoms with Gasteiger partial charge in [-0.2, -0.15) is 0 Å². The number of hydrogen-bond donors (Lipinski definition) is 1. The summed E-state index contributed by atoms with van der Waals surface area (Å²) < 4.78 is 5.21. The Hall–Kier alpha value is -2.57. The molecule has 0 aromatic heterocycles. The molecular formula is C24H33N3O4. The minimum absolute atomic E-state index is 0.0304. The lowest BCUT2D eigenvalue weighted by Gasteiger charge is -2.23. The number of esters is 1. The predicted molar refractivity (Wildman–Crippen MR) is 119 cm³/mol. The molecule has 0 unspecified atom stereocenters. The molecule has 7 heteroatoms. The van der Waals surface area contributed by atoms with Gasteiger partial charge in [0, 0.05) is 43.5 Å². The summed E-state index contributed by atoms with van der Waals surface area (Å²) >= 11 is 0. The Bertz CT molecular complexity index is 781. The molecule has 31 heavy (non-hydrogen) atoms. The van der Waals surface area contributed by atoms with E-state index in [1.54, 1.807) is 0 Å². The van der Waals surface area contributed by atoms with Crippen molar-refractivity contribution < 1.29 is 19.1 Å². The monoisotopic (exact) mass is 427 g/mol. The van der Waals surface area contributed by atoms with E-state index >= 15 is 0 Å². The summed E-state index contributed by atoms with van der Waals surface area (Å²) in [7, 11) is 0. The molecule has 3 aliphatic rings. The van der Waals surface area contributed by atoms with Gasteiger partial charge in [-0.25, -0.2) is 0 Å². The number of benzene rings is 1. The van der Waals surface area contributed by atoms with Crippen LogP contribution in [0.4, 0.5) is 11.4 Å². The molecule has 0 bridgehead atoms. The number of ether oxygens (including phenoxy) is 1. The number of carbonyl (C=O) groups excluding carboxylic acids is 3. The normalized spacial score (nSPS) is 22.5. The molecule has 2 saturated heterocycles. The second-order valence-corrected chi connectivity index (χ2v) is 8.99. The molecule has 1 atom stereocenters. The van der Waals surface area contributed by atoms with Crippen molar-refractivity contribution in [1.29, 1.82) is 0 Å². The van der Waals surface area contributed by atoms with Gasteiger partial charge in [-0.1, -0.05) is 25.7 Å². The molecule has 2 amide bonds. The third kappa shape index (κ3) is 5.57. The van der Waals surface area contributed by atoms with Crippen LogP contribution in [-0.4, -0.2) is 55.0 Å². The fraction of sp³-hybridized carbons (Fsp3) is 0.625. The van der Waals surface area contributed by atoms with Crippen LogP contribution >= 0.6 is 0 Å². The molecule has 1 aliphatic carbocycles. The first-order valence-electron chi connectivity index (χ1n) is 11.7. The van der Waals surface area contributed by atoms with E-state index in [4.69, 9.17) is 4.74 Å². The molecule has 2 heterocycles. The molecule has 1 N–H and O–H groups in total. The maximum atomic E-state index is 12.4. The van der Waals surface area contributed by atoms with Gasteiger partial charge in [0.25, 0.3) is 5.91 Å². The van der Waals surface area contributed by atoms with Gasteiger partial charge in [-0.05, 0) is 49.9 Å². The summed E-state index contributed by atoms with van der Waals surface area (Å²) in [5, 5.41) is 2.78. The van der Waals surface area contributed by atoms with Gasteiger partial charge >= 0.3 is 5.97 Å².